The van der Waals surface area contributed by atoms with E-state index in [0.29, 0.717) is 19.5 Å². The van der Waals surface area contributed by atoms with Gasteiger partial charge < -0.3 is 10.2 Å². The molecule has 1 N–H and O–H groups in total. The first-order valence-electron chi connectivity index (χ1n) is 6.35. The topological polar surface area (TPSA) is 49.4 Å². The first kappa shape index (κ1) is 15.7. The molecule has 0 aliphatic heterocycles. The van der Waals surface area contributed by atoms with Crippen LogP contribution in [0.25, 0.3) is 0 Å². The van der Waals surface area contributed by atoms with E-state index in [2.05, 4.69) is 21.2 Å². The van der Waals surface area contributed by atoms with Gasteiger partial charge in [-0.2, -0.15) is 0 Å². The fourth-order valence-electron chi connectivity index (χ4n) is 1.73. The van der Waals surface area contributed by atoms with Gasteiger partial charge in [0.2, 0.25) is 11.8 Å². The lowest BCUT2D eigenvalue weighted by Crippen LogP contribution is -2.37. The zero-order valence-electron chi connectivity index (χ0n) is 11.3. The molecule has 0 aromatic heterocycles. The van der Waals surface area contributed by atoms with Crippen LogP contribution in [0.3, 0.4) is 0 Å². The van der Waals surface area contributed by atoms with Crippen molar-refractivity contribution in [3.63, 3.8) is 0 Å². The molecule has 0 unspecified atom stereocenters. The van der Waals surface area contributed by atoms with Crippen molar-refractivity contribution in [1.82, 2.24) is 5.32 Å². The molecule has 0 atom stereocenters. The largest absolute Gasteiger partial charge is 0.354 e. The summed E-state index contributed by atoms with van der Waals surface area (Å²) in [6.45, 7) is 4.42. The normalized spacial score (nSPS) is 10.1. The number of amides is 2. The van der Waals surface area contributed by atoms with Crippen LogP contribution < -0.4 is 10.2 Å². The van der Waals surface area contributed by atoms with Crippen molar-refractivity contribution >= 4 is 33.4 Å². The second-order valence-electron chi connectivity index (χ2n) is 4.25. The Bertz CT molecular complexity index is 449. The number of anilines is 1. The Balaban J connectivity index is 2.59. The molecule has 0 aliphatic carbocycles. The molecular formula is C14H19BrN2O2. The van der Waals surface area contributed by atoms with Gasteiger partial charge in [0, 0.05) is 36.6 Å². The fraction of sp³-hybridized carbons (Fsp3) is 0.429. The van der Waals surface area contributed by atoms with Gasteiger partial charge in [0.05, 0.1) is 0 Å². The van der Waals surface area contributed by atoms with Gasteiger partial charge >= 0.3 is 0 Å². The minimum atomic E-state index is -0.0390. The first-order valence-corrected chi connectivity index (χ1v) is 7.14. The lowest BCUT2D eigenvalue weighted by molar-refractivity contribution is -0.121. The molecule has 104 valence electrons. The van der Waals surface area contributed by atoms with Crippen molar-refractivity contribution in [1.29, 1.82) is 0 Å². The number of benzene rings is 1. The van der Waals surface area contributed by atoms with Crippen LogP contribution in [0, 0.1) is 0 Å². The highest BCUT2D eigenvalue weighted by Gasteiger charge is 2.11. The van der Waals surface area contributed by atoms with E-state index < -0.39 is 0 Å². The maximum Gasteiger partial charge on any atom is 0.223 e. The van der Waals surface area contributed by atoms with E-state index >= 15 is 0 Å². The Labute approximate surface area is 122 Å². The molecule has 2 amide bonds. The van der Waals surface area contributed by atoms with E-state index in [9.17, 15) is 9.59 Å². The standard InChI is InChI=1S/C14H19BrN2O2/c1-3-5-14(19)16-8-9-17(11(2)18)13-7-4-6-12(15)10-13/h4,6-7,10H,3,5,8-9H2,1-2H3,(H,16,19). The van der Waals surface area contributed by atoms with Gasteiger partial charge in [-0.15, -0.1) is 0 Å². The maximum atomic E-state index is 11.7. The molecule has 1 rings (SSSR count). The molecule has 0 spiro atoms. The Morgan fingerprint density at radius 3 is 2.68 bits per heavy atom. The van der Waals surface area contributed by atoms with E-state index in [0.717, 1.165) is 16.6 Å². The van der Waals surface area contributed by atoms with Crippen molar-refractivity contribution in [2.75, 3.05) is 18.0 Å². The van der Waals surface area contributed by atoms with Gasteiger partial charge in [0.15, 0.2) is 0 Å². The number of nitrogens with zero attached hydrogens (tertiary/aromatic N) is 1. The third kappa shape index (κ3) is 5.42. The highest BCUT2D eigenvalue weighted by atomic mass is 79.9. The van der Waals surface area contributed by atoms with Crippen LogP contribution in [0.15, 0.2) is 28.7 Å². The zero-order chi connectivity index (χ0) is 14.3. The molecule has 0 saturated heterocycles. The number of hydrogen-bond acceptors (Lipinski definition) is 2. The van der Waals surface area contributed by atoms with Crippen molar-refractivity contribution in [2.45, 2.75) is 26.7 Å². The van der Waals surface area contributed by atoms with Crippen molar-refractivity contribution < 1.29 is 9.59 Å². The first-order chi connectivity index (χ1) is 9.04. The predicted octanol–water partition coefficient (Wildman–Crippen LogP) is 2.72. The van der Waals surface area contributed by atoms with Gasteiger partial charge in [0.1, 0.15) is 0 Å². The Hall–Kier alpha value is -1.36. The fourth-order valence-corrected chi connectivity index (χ4v) is 2.12. The van der Waals surface area contributed by atoms with E-state index in [1.807, 2.05) is 31.2 Å². The molecule has 0 saturated carbocycles. The molecule has 5 heteroatoms. The molecule has 19 heavy (non-hydrogen) atoms. The summed E-state index contributed by atoms with van der Waals surface area (Å²) in [4.78, 5) is 24.7. The van der Waals surface area contributed by atoms with Crippen LogP contribution in [0.2, 0.25) is 0 Å². The Morgan fingerprint density at radius 1 is 1.37 bits per heavy atom. The summed E-state index contributed by atoms with van der Waals surface area (Å²) in [5.74, 6) is -0.0110. The second-order valence-corrected chi connectivity index (χ2v) is 5.17. The van der Waals surface area contributed by atoms with E-state index in [-0.39, 0.29) is 11.8 Å². The van der Waals surface area contributed by atoms with E-state index in [1.165, 1.54) is 6.92 Å². The molecule has 0 aliphatic rings. The zero-order valence-corrected chi connectivity index (χ0v) is 12.9. The SMILES string of the molecule is CCCC(=O)NCCN(C(C)=O)c1cccc(Br)c1. The highest BCUT2D eigenvalue weighted by molar-refractivity contribution is 9.10. The van der Waals surface area contributed by atoms with Crippen LogP contribution in [-0.2, 0) is 9.59 Å². The second kappa shape index (κ2) is 7.94. The van der Waals surface area contributed by atoms with E-state index in [1.54, 1.807) is 4.90 Å². The molecular weight excluding hydrogens is 308 g/mol. The minimum Gasteiger partial charge on any atom is -0.354 e. The monoisotopic (exact) mass is 326 g/mol. The number of halogens is 1. The number of carbonyl (C=O) groups excluding carboxylic acids is 2. The molecule has 0 bridgehead atoms. The van der Waals surface area contributed by atoms with Crippen LogP contribution in [-0.4, -0.2) is 24.9 Å². The van der Waals surface area contributed by atoms with Gasteiger partial charge in [-0.05, 0) is 24.6 Å². The lowest BCUT2D eigenvalue weighted by atomic mass is 10.2. The summed E-state index contributed by atoms with van der Waals surface area (Å²) in [6, 6.07) is 7.55. The van der Waals surface area contributed by atoms with Gasteiger partial charge in [-0.25, -0.2) is 0 Å². The van der Waals surface area contributed by atoms with Gasteiger partial charge in [-0.1, -0.05) is 28.9 Å². The summed E-state index contributed by atoms with van der Waals surface area (Å²) < 4.78 is 0.922. The molecule has 1 aromatic rings. The summed E-state index contributed by atoms with van der Waals surface area (Å²) >= 11 is 3.38. The van der Waals surface area contributed by atoms with Crippen molar-refractivity contribution in [3.05, 3.63) is 28.7 Å². The summed E-state index contributed by atoms with van der Waals surface area (Å²) in [6.07, 6.45) is 1.35. The molecule has 0 heterocycles. The smallest absolute Gasteiger partial charge is 0.223 e. The third-order valence-electron chi connectivity index (χ3n) is 2.63. The molecule has 0 fully saturated rings. The molecule has 0 radical (unpaired) electrons. The molecule has 1 aromatic carbocycles. The average Bonchev–Trinajstić information content (AvgIpc) is 2.34. The summed E-state index contributed by atoms with van der Waals surface area (Å²) in [5, 5.41) is 2.81. The number of nitrogens with one attached hydrogen (secondary N) is 1. The summed E-state index contributed by atoms with van der Waals surface area (Å²) in [5.41, 5.74) is 0.826. The number of carbonyl (C=O) groups is 2. The van der Waals surface area contributed by atoms with Gasteiger partial charge in [-0.3, -0.25) is 9.59 Å². The van der Waals surface area contributed by atoms with Crippen LogP contribution >= 0.6 is 15.9 Å². The number of rotatable bonds is 6. The Kier molecular flexibility index (Phi) is 6.56. The van der Waals surface area contributed by atoms with Crippen LogP contribution in [0.1, 0.15) is 26.7 Å². The average molecular weight is 327 g/mol. The van der Waals surface area contributed by atoms with Crippen LogP contribution in [0.4, 0.5) is 5.69 Å². The summed E-state index contributed by atoms with van der Waals surface area (Å²) in [7, 11) is 0. The third-order valence-corrected chi connectivity index (χ3v) is 3.13. The van der Waals surface area contributed by atoms with Crippen LogP contribution in [0.5, 0.6) is 0 Å². The van der Waals surface area contributed by atoms with E-state index in [4.69, 9.17) is 0 Å². The predicted molar refractivity (Wildman–Crippen MR) is 80.1 cm³/mol. The quantitative estimate of drug-likeness (QED) is 0.873. The van der Waals surface area contributed by atoms with Crippen molar-refractivity contribution in [3.8, 4) is 0 Å². The Morgan fingerprint density at radius 2 is 2.11 bits per heavy atom. The molecule has 4 nitrogen and oxygen atoms in total. The number of hydrogen-bond donors (Lipinski definition) is 1. The van der Waals surface area contributed by atoms with Crippen molar-refractivity contribution in [2.24, 2.45) is 0 Å². The lowest BCUT2D eigenvalue weighted by Gasteiger charge is -2.21. The minimum absolute atomic E-state index is 0.0280. The van der Waals surface area contributed by atoms with Gasteiger partial charge in [0.25, 0.3) is 0 Å². The highest BCUT2D eigenvalue weighted by Crippen LogP contribution is 2.19. The maximum absolute atomic E-state index is 11.7.